The molecule has 17 heavy (non-hydrogen) atoms. The minimum Gasteiger partial charge on any atom is -0.355 e. The molecule has 1 atom stereocenters. The van der Waals surface area contributed by atoms with Gasteiger partial charge in [0, 0.05) is 13.0 Å². The van der Waals surface area contributed by atoms with Crippen molar-refractivity contribution in [3.8, 4) is 0 Å². The van der Waals surface area contributed by atoms with E-state index in [9.17, 15) is 14.0 Å². The van der Waals surface area contributed by atoms with Crippen molar-refractivity contribution in [1.29, 1.82) is 0 Å². The summed E-state index contributed by atoms with van der Waals surface area (Å²) < 4.78 is 13.4. The van der Waals surface area contributed by atoms with Crippen LogP contribution in [0.2, 0.25) is 0 Å². The van der Waals surface area contributed by atoms with E-state index in [1.165, 1.54) is 6.07 Å². The Labute approximate surface area is 98.2 Å². The lowest BCUT2D eigenvalue weighted by molar-refractivity contribution is -0.123. The first-order valence-corrected chi connectivity index (χ1v) is 5.40. The van der Waals surface area contributed by atoms with Crippen molar-refractivity contribution in [2.75, 3.05) is 11.9 Å². The molecule has 0 saturated carbocycles. The molecule has 1 unspecified atom stereocenters. The van der Waals surface area contributed by atoms with Crippen LogP contribution in [-0.4, -0.2) is 18.4 Å². The lowest BCUT2D eigenvalue weighted by Crippen LogP contribution is -2.25. The normalized spacial score (nSPS) is 18.9. The van der Waals surface area contributed by atoms with E-state index >= 15 is 0 Å². The SMILES string of the molecule is Cc1ccc(F)c(NC(=O)C2CNC(=O)C2)c1. The van der Waals surface area contributed by atoms with Gasteiger partial charge >= 0.3 is 0 Å². The fourth-order valence-corrected chi connectivity index (χ4v) is 1.76. The zero-order valence-corrected chi connectivity index (χ0v) is 9.42. The van der Waals surface area contributed by atoms with Gasteiger partial charge in [-0.2, -0.15) is 0 Å². The van der Waals surface area contributed by atoms with E-state index in [2.05, 4.69) is 10.6 Å². The maximum atomic E-state index is 13.4. The average molecular weight is 236 g/mol. The molecule has 90 valence electrons. The number of rotatable bonds is 2. The van der Waals surface area contributed by atoms with Crippen LogP contribution >= 0.6 is 0 Å². The monoisotopic (exact) mass is 236 g/mol. The summed E-state index contributed by atoms with van der Waals surface area (Å²) in [7, 11) is 0. The number of hydrogen-bond donors (Lipinski definition) is 2. The van der Waals surface area contributed by atoms with E-state index < -0.39 is 11.7 Å². The minimum absolute atomic E-state index is 0.144. The molecule has 1 aromatic carbocycles. The number of hydrogen-bond acceptors (Lipinski definition) is 2. The summed E-state index contributed by atoms with van der Waals surface area (Å²) in [6.07, 6.45) is 0.166. The standard InChI is InChI=1S/C12H13FN2O2/c1-7-2-3-9(13)10(4-7)15-12(17)8-5-11(16)14-6-8/h2-4,8H,5-6H2,1H3,(H,14,16)(H,15,17). The Kier molecular flexibility index (Phi) is 3.08. The second-order valence-corrected chi connectivity index (χ2v) is 4.18. The van der Waals surface area contributed by atoms with Crippen LogP contribution in [0.25, 0.3) is 0 Å². The highest BCUT2D eigenvalue weighted by atomic mass is 19.1. The summed E-state index contributed by atoms with van der Waals surface area (Å²) in [5.74, 6) is -1.36. The highest BCUT2D eigenvalue weighted by Crippen LogP contribution is 2.18. The molecule has 2 amide bonds. The Morgan fingerprint density at radius 2 is 2.29 bits per heavy atom. The molecule has 1 aliphatic heterocycles. The summed E-state index contributed by atoms with van der Waals surface area (Å²) in [6, 6.07) is 4.51. The fourth-order valence-electron chi connectivity index (χ4n) is 1.76. The molecule has 0 bridgehead atoms. The third-order valence-electron chi connectivity index (χ3n) is 2.73. The van der Waals surface area contributed by atoms with E-state index in [0.29, 0.717) is 6.54 Å². The van der Waals surface area contributed by atoms with Crippen molar-refractivity contribution in [2.45, 2.75) is 13.3 Å². The molecule has 0 aromatic heterocycles. The summed E-state index contributed by atoms with van der Waals surface area (Å²) in [4.78, 5) is 22.7. The number of carbonyl (C=O) groups excluding carboxylic acids is 2. The zero-order chi connectivity index (χ0) is 12.4. The van der Waals surface area contributed by atoms with Gasteiger partial charge in [-0.05, 0) is 24.6 Å². The van der Waals surface area contributed by atoms with Gasteiger partial charge in [0.25, 0.3) is 0 Å². The summed E-state index contributed by atoms with van der Waals surface area (Å²) in [6.45, 7) is 2.13. The summed E-state index contributed by atoms with van der Waals surface area (Å²) >= 11 is 0. The Balaban J connectivity index is 2.07. The molecule has 1 aliphatic rings. The largest absolute Gasteiger partial charge is 0.355 e. The predicted molar refractivity (Wildman–Crippen MR) is 60.9 cm³/mol. The van der Waals surface area contributed by atoms with Crippen LogP contribution in [0.4, 0.5) is 10.1 Å². The van der Waals surface area contributed by atoms with Gasteiger partial charge in [-0.1, -0.05) is 6.07 Å². The van der Waals surface area contributed by atoms with Crippen LogP contribution < -0.4 is 10.6 Å². The molecule has 1 aromatic rings. The average Bonchev–Trinajstić information content (AvgIpc) is 2.70. The molecule has 0 aliphatic carbocycles. The van der Waals surface area contributed by atoms with Crippen molar-refractivity contribution in [3.63, 3.8) is 0 Å². The Morgan fingerprint density at radius 3 is 2.94 bits per heavy atom. The number of anilines is 1. The zero-order valence-electron chi connectivity index (χ0n) is 9.42. The van der Waals surface area contributed by atoms with Crippen LogP contribution in [0.5, 0.6) is 0 Å². The third kappa shape index (κ3) is 2.61. The van der Waals surface area contributed by atoms with Crippen molar-refractivity contribution in [1.82, 2.24) is 5.32 Å². The van der Waals surface area contributed by atoms with E-state index in [4.69, 9.17) is 0 Å². The second-order valence-electron chi connectivity index (χ2n) is 4.18. The predicted octanol–water partition coefficient (Wildman–Crippen LogP) is 1.21. The molecule has 4 nitrogen and oxygen atoms in total. The highest BCUT2D eigenvalue weighted by Gasteiger charge is 2.28. The first-order valence-electron chi connectivity index (χ1n) is 5.40. The number of carbonyl (C=O) groups is 2. The number of nitrogens with one attached hydrogen (secondary N) is 2. The van der Waals surface area contributed by atoms with Crippen LogP contribution in [0, 0.1) is 18.7 Å². The van der Waals surface area contributed by atoms with Crippen LogP contribution in [0.3, 0.4) is 0 Å². The summed E-state index contributed by atoms with van der Waals surface area (Å²) in [5.41, 5.74) is 1.02. The smallest absolute Gasteiger partial charge is 0.229 e. The van der Waals surface area contributed by atoms with Gasteiger partial charge in [0.05, 0.1) is 11.6 Å². The molecule has 5 heteroatoms. The summed E-state index contributed by atoms with van der Waals surface area (Å²) in [5, 5.41) is 5.08. The third-order valence-corrected chi connectivity index (χ3v) is 2.73. The van der Waals surface area contributed by atoms with Crippen molar-refractivity contribution in [3.05, 3.63) is 29.6 Å². The fraction of sp³-hybridized carbons (Fsp3) is 0.333. The molecule has 1 saturated heterocycles. The van der Waals surface area contributed by atoms with Crippen LogP contribution in [0.1, 0.15) is 12.0 Å². The Bertz CT molecular complexity index is 474. The molecule has 1 fully saturated rings. The molecule has 0 spiro atoms. The van der Waals surface area contributed by atoms with Gasteiger partial charge in [-0.15, -0.1) is 0 Å². The quantitative estimate of drug-likeness (QED) is 0.810. The van der Waals surface area contributed by atoms with Gasteiger partial charge in [-0.3, -0.25) is 9.59 Å². The van der Waals surface area contributed by atoms with E-state index in [0.717, 1.165) is 5.56 Å². The topological polar surface area (TPSA) is 58.2 Å². The number of amides is 2. The second kappa shape index (κ2) is 4.53. The van der Waals surface area contributed by atoms with Crippen LogP contribution in [-0.2, 0) is 9.59 Å². The molecule has 2 rings (SSSR count). The minimum atomic E-state index is -0.471. The maximum Gasteiger partial charge on any atom is 0.229 e. The van der Waals surface area contributed by atoms with E-state index in [1.807, 2.05) is 6.92 Å². The number of aryl methyl sites for hydroxylation is 1. The van der Waals surface area contributed by atoms with E-state index in [-0.39, 0.29) is 23.9 Å². The number of halogens is 1. The molecule has 2 N–H and O–H groups in total. The van der Waals surface area contributed by atoms with Gasteiger partial charge in [0.2, 0.25) is 11.8 Å². The van der Waals surface area contributed by atoms with Crippen molar-refractivity contribution < 1.29 is 14.0 Å². The Morgan fingerprint density at radius 1 is 1.53 bits per heavy atom. The van der Waals surface area contributed by atoms with Crippen molar-refractivity contribution in [2.24, 2.45) is 5.92 Å². The molecule has 1 heterocycles. The Hall–Kier alpha value is -1.91. The van der Waals surface area contributed by atoms with Gasteiger partial charge in [0.15, 0.2) is 0 Å². The molecular weight excluding hydrogens is 223 g/mol. The van der Waals surface area contributed by atoms with Crippen LogP contribution in [0.15, 0.2) is 18.2 Å². The molecular formula is C12H13FN2O2. The van der Waals surface area contributed by atoms with Gasteiger partial charge < -0.3 is 10.6 Å². The van der Waals surface area contributed by atoms with Gasteiger partial charge in [-0.25, -0.2) is 4.39 Å². The van der Waals surface area contributed by atoms with Crippen molar-refractivity contribution >= 4 is 17.5 Å². The highest BCUT2D eigenvalue weighted by molar-refractivity contribution is 5.97. The number of benzene rings is 1. The first kappa shape index (κ1) is 11.6. The first-order chi connectivity index (χ1) is 8.06. The van der Waals surface area contributed by atoms with Gasteiger partial charge in [0.1, 0.15) is 5.82 Å². The lowest BCUT2D eigenvalue weighted by Gasteiger charge is -2.10. The molecule has 0 radical (unpaired) electrons. The lowest BCUT2D eigenvalue weighted by atomic mass is 10.1. The maximum absolute atomic E-state index is 13.4. The van der Waals surface area contributed by atoms with E-state index in [1.54, 1.807) is 12.1 Å².